The van der Waals surface area contributed by atoms with E-state index in [9.17, 15) is 4.79 Å². The van der Waals surface area contributed by atoms with Crippen LogP contribution in [0.15, 0.2) is 15.9 Å². The minimum absolute atomic E-state index is 0.0383. The van der Waals surface area contributed by atoms with Gasteiger partial charge in [0.15, 0.2) is 0 Å². The highest BCUT2D eigenvalue weighted by Crippen LogP contribution is 2.31. The molecule has 0 unspecified atom stereocenters. The predicted molar refractivity (Wildman–Crippen MR) is 62.9 cm³/mol. The van der Waals surface area contributed by atoms with E-state index in [0.29, 0.717) is 5.56 Å². The van der Waals surface area contributed by atoms with E-state index in [1.807, 2.05) is 0 Å². The molecule has 0 radical (unpaired) electrons. The standard InChI is InChI=1S/C8H8Br2N2O4/c1-14-8(12-15-2)5(13)6-4(7(9)10)3-11-16-6/h3,7H,1-2H3. The van der Waals surface area contributed by atoms with Crippen molar-refractivity contribution in [2.75, 3.05) is 14.2 Å². The van der Waals surface area contributed by atoms with Crippen molar-refractivity contribution in [2.45, 2.75) is 3.74 Å². The molecule has 1 rings (SSSR count). The van der Waals surface area contributed by atoms with Crippen LogP contribution in [0.5, 0.6) is 0 Å². The zero-order valence-corrected chi connectivity index (χ0v) is 11.6. The summed E-state index contributed by atoms with van der Waals surface area (Å²) in [6.07, 6.45) is 1.42. The van der Waals surface area contributed by atoms with E-state index in [1.165, 1.54) is 20.4 Å². The highest BCUT2D eigenvalue weighted by Gasteiger charge is 2.26. The minimum Gasteiger partial charge on any atom is -0.476 e. The van der Waals surface area contributed by atoms with E-state index in [1.54, 1.807) is 0 Å². The largest absolute Gasteiger partial charge is 0.476 e. The molecular formula is C8H8Br2N2O4. The number of ketones is 1. The molecule has 1 heterocycles. The van der Waals surface area contributed by atoms with Gasteiger partial charge in [-0.25, -0.2) is 0 Å². The molecule has 0 aliphatic heterocycles. The average Bonchev–Trinajstić information content (AvgIpc) is 2.73. The lowest BCUT2D eigenvalue weighted by atomic mass is 10.2. The normalized spacial score (nSPS) is 11.7. The molecule has 0 spiro atoms. The van der Waals surface area contributed by atoms with Gasteiger partial charge in [-0.2, -0.15) is 0 Å². The topological polar surface area (TPSA) is 73.9 Å². The third kappa shape index (κ3) is 2.82. The first-order valence-electron chi connectivity index (χ1n) is 4.04. The van der Waals surface area contributed by atoms with Gasteiger partial charge in [0, 0.05) is 5.56 Å². The first-order valence-corrected chi connectivity index (χ1v) is 5.87. The van der Waals surface area contributed by atoms with Crippen LogP contribution in [0.2, 0.25) is 0 Å². The average molecular weight is 356 g/mol. The number of carbonyl (C=O) groups excluding carboxylic acids is 1. The number of oxime groups is 1. The summed E-state index contributed by atoms with van der Waals surface area (Å²) in [6.45, 7) is 0. The van der Waals surface area contributed by atoms with Gasteiger partial charge in [0.25, 0.3) is 5.78 Å². The summed E-state index contributed by atoms with van der Waals surface area (Å²) in [6, 6.07) is 0. The van der Waals surface area contributed by atoms with E-state index < -0.39 is 5.78 Å². The molecule has 6 nitrogen and oxygen atoms in total. The predicted octanol–water partition coefficient (Wildman–Crippen LogP) is 2.25. The number of carbonyl (C=O) groups is 1. The zero-order valence-electron chi connectivity index (χ0n) is 8.44. The van der Waals surface area contributed by atoms with Crippen LogP contribution in [0, 0.1) is 0 Å². The number of Topliss-reactive ketones (excluding diaryl/α,β-unsaturated/α-hetero) is 1. The summed E-state index contributed by atoms with van der Waals surface area (Å²) in [5, 5.41) is 6.96. The Morgan fingerprint density at radius 3 is 2.75 bits per heavy atom. The minimum atomic E-state index is -0.541. The lowest BCUT2D eigenvalue weighted by Crippen LogP contribution is -2.17. The Labute approximate surface area is 108 Å². The van der Waals surface area contributed by atoms with Crippen LogP contribution < -0.4 is 0 Å². The number of rotatable bonds is 4. The third-order valence-electron chi connectivity index (χ3n) is 1.60. The number of hydrogen-bond acceptors (Lipinski definition) is 6. The number of halogens is 2. The molecular weight excluding hydrogens is 348 g/mol. The fraction of sp³-hybridized carbons (Fsp3) is 0.375. The maximum Gasteiger partial charge on any atom is 0.302 e. The first-order chi connectivity index (χ1) is 7.61. The number of alkyl halides is 2. The van der Waals surface area contributed by atoms with Crippen molar-refractivity contribution in [1.82, 2.24) is 5.16 Å². The lowest BCUT2D eigenvalue weighted by molar-refractivity contribution is 0.0983. The Morgan fingerprint density at radius 2 is 2.25 bits per heavy atom. The number of aromatic nitrogens is 1. The molecule has 1 aromatic heterocycles. The van der Waals surface area contributed by atoms with Gasteiger partial charge >= 0.3 is 5.90 Å². The van der Waals surface area contributed by atoms with E-state index in [-0.39, 0.29) is 15.4 Å². The second-order valence-electron chi connectivity index (χ2n) is 2.52. The molecule has 16 heavy (non-hydrogen) atoms. The van der Waals surface area contributed by atoms with Crippen LogP contribution in [-0.2, 0) is 9.57 Å². The SMILES string of the molecule is CON=C(OC)C(=O)c1oncc1C(Br)Br. The molecule has 0 fully saturated rings. The third-order valence-corrected chi connectivity index (χ3v) is 2.59. The van der Waals surface area contributed by atoms with E-state index >= 15 is 0 Å². The maximum atomic E-state index is 11.8. The molecule has 0 aromatic carbocycles. The Hall–Kier alpha value is -0.890. The van der Waals surface area contributed by atoms with Crippen molar-refractivity contribution in [1.29, 1.82) is 0 Å². The molecule has 0 aliphatic rings. The smallest absolute Gasteiger partial charge is 0.302 e. The van der Waals surface area contributed by atoms with Crippen LogP contribution in [0.25, 0.3) is 0 Å². The quantitative estimate of drug-likeness (QED) is 0.272. The summed E-state index contributed by atoms with van der Waals surface area (Å²) in [5.41, 5.74) is 0.547. The number of hydrogen-bond donors (Lipinski definition) is 0. The van der Waals surface area contributed by atoms with Crippen LogP contribution in [0.1, 0.15) is 19.9 Å². The van der Waals surface area contributed by atoms with Crippen molar-refractivity contribution in [2.24, 2.45) is 5.16 Å². The summed E-state index contributed by atoms with van der Waals surface area (Å²) >= 11 is 6.49. The zero-order chi connectivity index (χ0) is 12.1. The van der Waals surface area contributed by atoms with Crippen LogP contribution in [0.3, 0.4) is 0 Å². The van der Waals surface area contributed by atoms with Gasteiger partial charge in [-0.3, -0.25) is 4.79 Å². The number of ether oxygens (including phenoxy) is 1. The van der Waals surface area contributed by atoms with Crippen molar-refractivity contribution >= 4 is 43.5 Å². The first kappa shape index (κ1) is 13.2. The molecule has 88 valence electrons. The molecule has 0 N–H and O–H groups in total. The fourth-order valence-electron chi connectivity index (χ4n) is 0.927. The molecule has 0 saturated heterocycles. The lowest BCUT2D eigenvalue weighted by Gasteiger charge is -2.02. The van der Waals surface area contributed by atoms with Crippen molar-refractivity contribution in [3.8, 4) is 0 Å². The summed E-state index contributed by atoms with van der Waals surface area (Å²) in [4.78, 5) is 16.3. The van der Waals surface area contributed by atoms with Gasteiger partial charge in [0.05, 0.1) is 13.3 Å². The van der Waals surface area contributed by atoms with Gasteiger partial charge in [-0.05, 0) is 5.16 Å². The van der Waals surface area contributed by atoms with Crippen LogP contribution >= 0.6 is 31.9 Å². The molecule has 0 saturated carbocycles. The van der Waals surface area contributed by atoms with Crippen molar-refractivity contribution in [3.05, 3.63) is 17.5 Å². The molecule has 0 amide bonds. The Morgan fingerprint density at radius 1 is 1.56 bits per heavy atom. The van der Waals surface area contributed by atoms with E-state index in [2.05, 4.69) is 47.0 Å². The highest BCUT2D eigenvalue weighted by molar-refractivity contribution is 9.24. The van der Waals surface area contributed by atoms with Gasteiger partial charge in [-0.15, -0.1) is 0 Å². The fourth-order valence-corrected chi connectivity index (χ4v) is 1.58. The van der Waals surface area contributed by atoms with E-state index in [0.717, 1.165) is 0 Å². The van der Waals surface area contributed by atoms with Gasteiger partial charge in [0.1, 0.15) is 10.8 Å². The second kappa shape index (κ2) is 6.00. The Balaban J connectivity index is 3.04. The van der Waals surface area contributed by atoms with Crippen molar-refractivity contribution in [3.63, 3.8) is 0 Å². The maximum absolute atomic E-state index is 11.8. The van der Waals surface area contributed by atoms with Crippen LogP contribution in [0.4, 0.5) is 0 Å². The monoisotopic (exact) mass is 354 g/mol. The summed E-state index contributed by atoms with van der Waals surface area (Å²) in [5.74, 6) is -0.710. The Kier molecular flexibility index (Phi) is 4.94. The molecule has 0 aliphatic carbocycles. The summed E-state index contributed by atoms with van der Waals surface area (Å²) in [7, 11) is 2.62. The second-order valence-corrected chi connectivity index (χ2v) is 5.58. The molecule has 0 bridgehead atoms. The van der Waals surface area contributed by atoms with Gasteiger partial charge in [-0.1, -0.05) is 37.0 Å². The molecule has 1 aromatic rings. The van der Waals surface area contributed by atoms with Crippen molar-refractivity contribution < 1.29 is 18.9 Å². The highest BCUT2D eigenvalue weighted by atomic mass is 79.9. The molecule has 8 heteroatoms. The van der Waals surface area contributed by atoms with Gasteiger partial charge < -0.3 is 14.1 Å². The Bertz CT molecular complexity index is 402. The van der Waals surface area contributed by atoms with Gasteiger partial charge in [0.2, 0.25) is 5.76 Å². The molecule has 0 atom stereocenters. The summed E-state index contributed by atoms with van der Waals surface area (Å²) < 4.78 is 9.36. The number of nitrogens with zero attached hydrogens (tertiary/aromatic N) is 2. The number of methoxy groups -OCH3 is 1. The van der Waals surface area contributed by atoms with E-state index in [4.69, 9.17) is 9.26 Å². The van der Waals surface area contributed by atoms with Crippen LogP contribution in [-0.4, -0.2) is 31.1 Å².